The van der Waals surface area contributed by atoms with Gasteiger partial charge in [0.15, 0.2) is 5.65 Å². The summed E-state index contributed by atoms with van der Waals surface area (Å²) >= 11 is 0. The Bertz CT molecular complexity index is 554. The molecule has 0 radical (unpaired) electrons. The second-order valence-electron chi connectivity index (χ2n) is 5.49. The summed E-state index contributed by atoms with van der Waals surface area (Å²) < 4.78 is 2.35. The van der Waals surface area contributed by atoms with Gasteiger partial charge in [0, 0.05) is 24.7 Å². The summed E-state index contributed by atoms with van der Waals surface area (Å²) in [6, 6.07) is 4.50. The van der Waals surface area contributed by atoms with Gasteiger partial charge in [-0.3, -0.25) is 0 Å². The first-order valence-corrected chi connectivity index (χ1v) is 7.34. The molecule has 0 saturated carbocycles. The highest BCUT2D eigenvalue weighted by atomic mass is 15.2. The normalized spacial score (nSPS) is 21.7. The van der Waals surface area contributed by atoms with E-state index in [1.54, 1.807) is 0 Å². The van der Waals surface area contributed by atoms with Crippen LogP contribution in [-0.4, -0.2) is 27.6 Å². The summed E-state index contributed by atoms with van der Waals surface area (Å²) in [6.07, 6.45) is 5.44. The molecule has 3 heterocycles. The largest absolute Gasteiger partial charge is 0.316 e. The maximum absolute atomic E-state index is 4.87. The van der Waals surface area contributed by atoms with Crippen molar-refractivity contribution in [2.45, 2.75) is 45.1 Å². The fourth-order valence-corrected chi connectivity index (χ4v) is 2.92. The lowest BCUT2D eigenvalue weighted by Crippen LogP contribution is -2.30. The Morgan fingerprint density at radius 2 is 2.42 bits per heavy atom. The zero-order valence-corrected chi connectivity index (χ0v) is 11.8. The van der Waals surface area contributed by atoms with Gasteiger partial charge in [0.1, 0.15) is 11.3 Å². The van der Waals surface area contributed by atoms with Gasteiger partial charge in [0.25, 0.3) is 0 Å². The minimum atomic E-state index is 0.455. The van der Waals surface area contributed by atoms with Gasteiger partial charge in [-0.1, -0.05) is 6.92 Å². The predicted molar refractivity (Wildman–Crippen MR) is 77.4 cm³/mol. The molecule has 4 heteroatoms. The zero-order valence-electron chi connectivity index (χ0n) is 11.8. The zero-order chi connectivity index (χ0) is 13.2. The Morgan fingerprint density at radius 1 is 1.53 bits per heavy atom. The van der Waals surface area contributed by atoms with Crippen LogP contribution in [0.15, 0.2) is 18.3 Å². The number of pyridine rings is 1. The van der Waals surface area contributed by atoms with Gasteiger partial charge < -0.3 is 9.88 Å². The number of fused-ring (bicyclic) bond motifs is 1. The van der Waals surface area contributed by atoms with Gasteiger partial charge in [-0.2, -0.15) is 0 Å². The monoisotopic (exact) mass is 258 g/mol. The molecule has 3 rings (SSSR count). The molecule has 0 bridgehead atoms. The van der Waals surface area contributed by atoms with Gasteiger partial charge in [0.2, 0.25) is 0 Å². The highest BCUT2D eigenvalue weighted by molar-refractivity contribution is 5.71. The molecule has 0 spiro atoms. The van der Waals surface area contributed by atoms with Gasteiger partial charge in [-0.25, -0.2) is 9.97 Å². The van der Waals surface area contributed by atoms with E-state index < -0.39 is 0 Å². The summed E-state index contributed by atoms with van der Waals surface area (Å²) in [7, 11) is 0. The van der Waals surface area contributed by atoms with E-state index in [-0.39, 0.29) is 0 Å². The molecule has 2 unspecified atom stereocenters. The lowest BCUT2D eigenvalue weighted by atomic mass is 9.98. The first-order valence-electron chi connectivity index (χ1n) is 7.34. The van der Waals surface area contributed by atoms with Crippen molar-refractivity contribution in [3.63, 3.8) is 0 Å². The van der Waals surface area contributed by atoms with E-state index in [1.165, 1.54) is 18.7 Å². The minimum absolute atomic E-state index is 0.455. The van der Waals surface area contributed by atoms with Gasteiger partial charge >= 0.3 is 0 Å². The van der Waals surface area contributed by atoms with Gasteiger partial charge in [-0.15, -0.1) is 0 Å². The SMILES string of the molecule is CCC(C)n1c(C2CCCNC2)nc2cccnc21. The Labute approximate surface area is 114 Å². The third-order valence-corrected chi connectivity index (χ3v) is 4.17. The van der Waals surface area contributed by atoms with Crippen LogP contribution in [0.1, 0.15) is 50.9 Å². The Kier molecular flexibility index (Phi) is 3.51. The molecule has 2 aromatic rings. The second kappa shape index (κ2) is 5.29. The van der Waals surface area contributed by atoms with Crippen LogP contribution in [-0.2, 0) is 0 Å². The summed E-state index contributed by atoms with van der Waals surface area (Å²) in [5.74, 6) is 1.74. The molecule has 0 aliphatic carbocycles. The average Bonchev–Trinajstić information content (AvgIpc) is 2.87. The number of rotatable bonds is 3. The molecular formula is C15H22N4. The van der Waals surface area contributed by atoms with Crippen molar-refractivity contribution < 1.29 is 0 Å². The van der Waals surface area contributed by atoms with E-state index in [9.17, 15) is 0 Å². The van der Waals surface area contributed by atoms with E-state index in [0.717, 1.165) is 30.7 Å². The molecule has 2 atom stereocenters. The third-order valence-electron chi connectivity index (χ3n) is 4.17. The van der Waals surface area contributed by atoms with Gasteiger partial charge in [0.05, 0.1) is 0 Å². The molecule has 1 fully saturated rings. The lowest BCUT2D eigenvalue weighted by Gasteiger charge is -2.25. The average molecular weight is 258 g/mol. The van der Waals surface area contributed by atoms with Crippen LogP contribution in [0.5, 0.6) is 0 Å². The number of hydrogen-bond acceptors (Lipinski definition) is 3. The fourth-order valence-electron chi connectivity index (χ4n) is 2.92. The van der Waals surface area contributed by atoms with Crippen LogP contribution >= 0.6 is 0 Å². The summed E-state index contributed by atoms with van der Waals surface area (Å²) in [6.45, 7) is 6.66. The van der Waals surface area contributed by atoms with Crippen molar-refractivity contribution in [1.29, 1.82) is 0 Å². The summed E-state index contributed by atoms with van der Waals surface area (Å²) in [5.41, 5.74) is 2.07. The van der Waals surface area contributed by atoms with Crippen LogP contribution in [0.25, 0.3) is 11.2 Å². The first-order chi connectivity index (χ1) is 9.31. The van der Waals surface area contributed by atoms with E-state index in [0.29, 0.717) is 12.0 Å². The highest BCUT2D eigenvalue weighted by Gasteiger charge is 2.24. The van der Waals surface area contributed by atoms with Crippen LogP contribution in [0.2, 0.25) is 0 Å². The van der Waals surface area contributed by atoms with Crippen molar-refractivity contribution in [2.75, 3.05) is 13.1 Å². The van der Waals surface area contributed by atoms with Crippen molar-refractivity contribution >= 4 is 11.2 Å². The van der Waals surface area contributed by atoms with Crippen LogP contribution in [0.4, 0.5) is 0 Å². The van der Waals surface area contributed by atoms with E-state index in [1.807, 2.05) is 12.3 Å². The Hall–Kier alpha value is -1.42. The molecule has 0 aromatic carbocycles. The molecule has 0 amide bonds. The van der Waals surface area contributed by atoms with Crippen LogP contribution in [0, 0.1) is 0 Å². The smallest absolute Gasteiger partial charge is 0.160 e. The lowest BCUT2D eigenvalue weighted by molar-refractivity contribution is 0.415. The maximum Gasteiger partial charge on any atom is 0.160 e. The molecule has 102 valence electrons. The number of nitrogens with zero attached hydrogens (tertiary/aromatic N) is 3. The predicted octanol–water partition coefficient (Wildman–Crippen LogP) is 2.87. The third kappa shape index (κ3) is 2.25. The fraction of sp³-hybridized carbons (Fsp3) is 0.600. The van der Waals surface area contributed by atoms with Gasteiger partial charge in [-0.05, 0) is 44.9 Å². The standard InChI is InChI=1S/C15H22N4/c1-3-11(2)19-14(12-6-4-8-16-10-12)18-13-7-5-9-17-15(13)19/h5,7,9,11-12,16H,3-4,6,8,10H2,1-2H3. The number of hydrogen-bond donors (Lipinski definition) is 1. The molecule has 1 N–H and O–H groups in total. The van der Waals surface area contributed by atoms with E-state index in [2.05, 4.69) is 34.8 Å². The van der Waals surface area contributed by atoms with Crippen molar-refractivity contribution in [1.82, 2.24) is 19.9 Å². The van der Waals surface area contributed by atoms with E-state index in [4.69, 9.17) is 4.98 Å². The molecule has 1 saturated heterocycles. The summed E-state index contributed by atoms with van der Waals surface area (Å²) in [5, 5.41) is 3.49. The molecule has 2 aromatic heterocycles. The highest BCUT2D eigenvalue weighted by Crippen LogP contribution is 2.29. The topological polar surface area (TPSA) is 42.7 Å². The minimum Gasteiger partial charge on any atom is -0.316 e. The second-order valence-corrected chi connectivity index (χ2v) is 5.49. The van der Waals surface area contributed by atoms with Crippen molar-refractivity contribution in [3.05, 3.63) is 24.2 Å². The molecule has 19 heavy (non-hydrogen) atoms. The Balaban J connectivity index is 2.10. The molecule has 4 nitrogen and oxygen atoms in total. The number of piperidine rings is 1. The van der Waals surface area contributed by atoms with Crippen LogP contribution in [0.3, 0.4) is 0 Å². The molecular weight excluding hydrogens is 236 g/mol. The van der Waals surface area contributed by atoms with Crippen molar-refractivity contribution in [2.24, 2.45) is 0 Å². The Morgan fingerprint density at radius 3 is 3.16 bits per heavy atom. The molecule has 1 aliphatic heterocycles. The maximum atomic E-state index is 4.87. The van der Waals surface area contributed by atoms with E-state index >= 15 is 0 Å². The number of aromatic nitrogens is 3. The quantitative estimate of drug-likeness (QED) is 0.920. The molecule has 1 aliphatic rings. The number of imidazole rings is 1. The first kappa shape index (κ1) is 12.6. The van der Waals surface area contributed by atoms with Crippen LogP contribution < -0.4 is 5.32 Å². The summed E-state index contributed by atoms with van der Waals surface area (Å²) in [4.78, 5) is 9.41. The number of nitrogens with one attached hydrogen (secondary N) is 1. The van der Waals surface area contributed by atoms with Crippen molar-refractivity contribution in [3.8, 4) is 0 Å².